The van der Waals surface area contributed by atoms with E-state index in [0.717, 1.165) is 24.9 Å². The molecule has 0 bridgehead atoms. The highest BCUT2D eigenvalue weighted by atomic mass is 35.5. The number of hydrogen-bond acceptors (Lipinski definition) is 5. The summed E-state index contributed by atoms with van der Waals surface area (Å²) in [5.74, 6) is -0.175. The number of carbonyl (C=O) groups excluding carboxylic acids is 1. The fraction of sp³-hybridized carbons (Fsp3) is 0.381. The number of halogens is 2. The minimum absolute atomic E-state index is 0.114. The van der Waals surface area contributed by atoms with Crippen LogP contribution in [0.4, 0.5) is 0 Å². The lowest BCUT2D eigenvalue weighted by Gasteiger charge is -2.33. The molecule has 1 aliphatic rings. The third kappa shape index (κ3) is 6.68. The van der Waals surface area contributed by atoms with Gasteiger partial charge in [-0.2, -0.15) is 0 Å². The van der Waals surface area contributed by atoms with Crippen molar-refractivity contribution in [1.29, 1.82) is 0 Å². The number of ether oxygens (including phenoxy) is 1. The summed E-state index contributed by atoms with van der Waals surface area (Å²) in [6, 6.07) is 12.0. The Morgan fingerprint density at radius 2 is 1.97 bits per heavy atom. The first kappa shape index (κ1) is 23.0. The number of sulfone groups is 1. The second kappa shape index (κ2) is 10.1. The van der Waals surface area contributed by atoms with Crippen LogP contribution in [-0.2, 0) is 32.3 Å². The number of morpholine rings is 1. The van der Waals surface area contributed by atoms with E-state index >= 15 is 0 Å². The SMILES string of the molecule is CS(=O)(=O)c1cccc(CC(=O)NCC2CN(Cc3ccc(Cl)c(Cl)c3)CCO2)c1. The summed E-state index contributed by atoms with van der Waals surface area (Å²) in [6.45, 7) is 3.18. The second-order valence-corrected chi connectivity index (χ2v) is 10.2. The summed E-state index contributed by atoms with van der Waals surface area (Å²) in [4.78, 5) is 14.8. The molecule has 9 heteroatoms. The van der Waals surface area contributed by atoms with Crippen LogP contribution >= 0.6 is 23.2 Å². The molecule has 6 nitrogen and oxygen atoms in total. The molecule has 1 aliphatic heterocycles. The number of benzene rings is 2. The Morgan fingerprint density at radius 3 is 2.70 bits per heavy atom. The maximum atomic E-state index is 12.3. The molecule has 3 rings (SSSR count). The standard InChI is InChI=1S/C21H24Cl2N2O4S/c1-30(27,28)18-4-2-3-15(9-18)11-21(26)24-12-17-14-25(7-8-29-17)13-16-5-6-19(22)20(23)10-16/h2-6,9-10,17H,7-8,11-14H2,1H3,(H,24,26). The molecule has 2 aromatic carbocycles. The minimum atomic E-state index is -3.30. The Hall–Kier alpha value is -1.64. The molecular weight excluding hydrogens is 447 g/mol. The van der Waals surface area contributed by atoms with Gasteiger partial charge in [0.25, 0.3) is 0 Å². The molecule has 2 aromatic rings. The van der Waals surface area contributed by atoms with E-state index in [0.29, 0.717) is 35.3 Å². The van der Waals surface area contributed by atoms with Gasteiger partial charge in [0.05, 0.1) is 34.1 Å². The summed E-state index contributed by atoms with van der Waals surface area (Å²) < 4.78 is 29.1. The predicted molar refractivity (Wildman–Crippen MR) is 118 cm³/mol. The number of carbonyl (C=O) groups is 1. The highest BCUT2D eigenvalue weighted by Crippen LogP contribution is 2.23. The van der Waals surface area contributed by atoms with Crippen LogP contribution in [0.3, 0.4) is 0 Å². The van der Waals surface area contributed by atoms with Crippen molar-refractivity contribution in [3.05, 3.63) is 63.6 Å². The van der Waals surface area contributed by atoms with E-state index in [1.807, 2.05) is 12.1 Å². The maximum Gasteiger partial charge on any atom is 0.224 e. The second-order valence-electron chi connectivity index (χ2n) is 7.38. The molecule has 1 heterocycles. The van der Waals surface area contributed by atoms with Gasteiger partial charge in [0.1, 0.15) is 0 Å². The first-order valence-corrected chi connectivity index (χ1v) is 12.2. The third-order valence-electron chi connectivity index (χ3n) is 4.83. The van der Waals surface area contributed by atoms with Crippen molar-refractivity contribution in [2.24, 2.45) is 0 Å². The number of rotatable bonds is 7. The Morgan fingerprint density at radius 1 is 1.17 bits per heavy atom. The average molecular weight is 471 g/mol. The predicted octanol–water partition coefficient (Wildman–Crippen LogP) is 2.96. The molecule has 0 aliphatic carbocycles. The van der Waals surface area contributed by atoms with Crippen LogP contribution in [0.5, 0.6) is 0 Å². The van der Waals surface area contributed by atoms with Crippen molar-refractivity contribution in [3.63, 3.8) is 0 Å². The van der Waals surface area contributed by atoms with Gasteiger partial charge in [-0.05, 0) is 35.4 Å². The molecule has 162 valence electrons. The first-order chi connectivity index (χ1) is 14.2. The summed E-state index contributed by atoms with van der Waals surface area (Å²) >= 11 is 12.1. The van der Waals surface area contributed by atoms with Crippen molar-refractivity contribution >= 4 is 38.9 Å². The zero-order valence-corrected chi connectivity index (χ0v) is 18.9. The maximum absolute atomic E-state index is 12.3. The zero-order chi connectivity index (χ0) is 21.7. The topological polar surface area (TPSA) is 75.7 Å². The van der Waals surface area contributed by atoms with Gasteiger partial charge >= 0.3 is 0 Å². The number of amides is 1. The summed E-state index contributed by atoms with van der Waals surface area (Å²) in [5.41, 5.74) is 1.72. The van der Waals surface area contributed by atoms with Gasteiger partial charge in [0, 0.05) is 32.4 Å². The Labute approximate surface area is 187 Å². The van der Waals surface area contributed by atoms with E-state index < -0.39 is 9.84 Å². The van der Waals surface area contributed by atoms with Crippen LogP contribution < -0.4 is 5.32 Å². The van der Waals surface area contributed by atoms with E-state index in [9.17, 15) is 13.2 Å². The highest BCUT2D eigenvalue weighted by molar-refractivity contribution is 7.90. The van der Waals surface area contributed by atoms with Gasteiger partial charge in [0.15, 0.2) is 9.84 Å². The number of hydrogen-bond donors (Lipinski definition) is 1. The van der Waals surface area contributed by atoms with Crippen molar-refractivity contribution < 1.29 is 17.9 Å². The van der Waals surface area contributed by atoms with Crippen LogP contribution in [-0.4, -0.2) is 57.8 Å². The zero-order valence-electron chi connectivity index (χ0n) is 16.6. The molecule has 1 saturated heterocycles. The van der Waals surface area contributed by atoms with Gasteiger partial charge in [0.2, 0.25) is 5.91 Å². The molecule has 1 amide bonds. The summed E-state index contributed by atoms with van der Waals surface area (Å²) in [6.07, 6.45) is 1.15. The fourth-order valence-electron chi connectivity index (χ4n) is 3.31. The van der Waals surface area contributed by atoms with Crippen LogP contribution in [0.1, 0.15) is 11.1 Å². The van der Waals surface area contributed by atoms with Crippen molar-refractivity contribution in [3.8, 4) is 0 Å². The van der Waals surface area contributed by atoms with Crippen LogP contribution in [0, 0.1) is 0 Å². The fourth-order valence-corrected chi connectivity index (χ4v) is 4.32. The lowest BCUT2D eigenvalue weighted by atomic mass is 10.1. The van der Waals surface area contributed by atoms with Crippen LogP contribution in [0.25, 0.3) is 0 Å². The van der Waals surface area contributed by atoms with Gasteiger partial charge in [-0.3, -0.25) is 9.69 Å². The molecule has 0 saturated carbocycles. The lowest BCUT2D eigenvalue weighted by Crippen LogP contribution is -2.47. The molecule has 1 atom stereocenters. The molecule has 30 heavy (non-hydrogen) atoms. The molecule has 1 fully saturated rings. The van der Waals surface area contributed by atoms with E-state index in [4.69, 9.17) is 27.9 Å². The smallest absolute Gasteiger partial charge is 0.224 e. The monoisotopic (exact) mass is 470 g/mol. The average Bonchev–Trinajstić information content (AvgIpc) is 2.69. The molecule has 0 radical (unpaired) electrons. The summed E-state index contributed by atoms with van der Waals surface area (Å²) in [5, 5.41) is 3.95. The van der Waals surface area contributed by atoms with Gasteiger partial charge in [-0.15, -0.1) is 0 Å². The highest BCUT2D eigenvalue weighted by Gasteiger charge is 2.21. The van der Waals surface area contributed by atoms with Crippen LogP contribution in [0.15, 0.2) is 47.4 Å². The lowest BCUT2D eigenvalue weighted by molar-refractivity contribution is -0.121. The van der Waals surface area contributed by atoms with E-state index in [2.05, 4.69) is 10.2 Å². The molecule has 0 aromatic heterocycles. The Kier molecular flexibility index (Phi) is 7.76. The van der Waals surface area contributed by atoms with Crippen LogP contribution in [0.2, 0.25) is 10.0 Å². The van der Waals surface area contributed by atoms with E-state index in [1.165, 1.54) is 12.1 Å². The molecular formula is C21H24Cl2N2O4S. The van der Waals surface area contributed by atoms with Crippen molar-refractivity contribution in [2.75, 3.05) is 32.5 Å². The first-order valence-electron chi connectivity index (χ1n) is 9.54. The van der Waals surface area contributed by atoms with Gasteiger partial charge in [-0.1, -0.05) is 41.4 Å². The Bertz CT molecular complexity index is 1010. The Balaban J connectivity index is 1.49. The number of nitrogens with zero attached hydrogens (tertiary/aromatic N) is 1. The molecule has 1 N–H and O–H groups in total. The van der Waals surface area contributed by atoms with Crippen molar-refractivity contribution in [2.45, 2.75) is 24.0 Å². The van der Waals surface area contributed by atoms with Gasteiger partial charge < -0.3 is 10.1 Å². The minimum Gasteiger partial charge on any atom is -0.374 e. The normalized spacial score (nSPS) is 17.6. The number of nitrogens with one attached hydrogen (secondary N) is 1. The van der Waals surface area contributed by atoms with E-state index in [1.54, 1.807) is 18.2 Å². The third-order valence-corrected chi connectivity index (χ3v) is 6.68. The van der Waals surface area contributed by atoms with Crippen molar-refractivity contribution in [1.82, 2.24) is 10.2 Å². The largest absolute Gasteiger partial charge is 0.374 e. The molecule has 0 spiro atoms. The summed E-state index contributed by atoms with van der Waals surface area (Å²) in [7, 11) is -3.30. The van der Waals surface area contributed by atoms with Gasteiger partial charge in [-0.25, -0.2) is 8.42 Å². The quantitative estimate of drug-likeness (QED) is 0.672. The van der Waals surface area contributed by atoms with E-state index in [-0.39, 0.29) is 23.3 Å². The molecule has 1 unspecified atom stereocenters.